The number of nitrogens with one attached hydrogen (secondary N) is 1. The number of rotatable bonds is 6. The van der Waals surface area contributed by atoms with Gasteiger partial charge in [-0.25, -0.2) is 13.1 Å². The lowest BCUT2D eigenvalue weighted by Gasteiger charge is -2.36. The van der Waals surface area contributed by atoms with Crippen molar-refractivity contribution >= 4 is 27.3 Å². The zero-order chi connectivity index (χ0) is 15.5. The van der Waals surface area contributed by atoms with Crippen molar-refractivity contribution in [3.8, 4) is 0 Å². The second kappa shape index (κ2) is 6.46. The summed E-state index contributed by atoms with van der Waals surface area (Å²) in [6.07, 6.45) is 4.59. The van der Waals surface area contributed by atoms with E-state index in [1.165, 1.54) is 11.3 Å². The van der Waals surface area contributed by atoms with Gasteiger partial charge < -0.3 is 5.11 Å². The summed E-state index contributed by atoms with van der Waals surface area (Å²) >= 11 is 1.23. The number of sulfonamides is 1. The van der Waals surface area contributed by atoms with Gasteiger partial charge in [-0.3, -0.25) is 4.79 Å². The highest BCUT2D eigenvalue weighted by molar-refractivity contribution is 7.91. The minimum absolute atomic E-state index is 0.0268. The van der Waals surface area contributed by atoms with E-state index in [4.69, 9.17) is 5.11 Å². The van der Waals surface area contributed by atoms with E-state index in [2.05, 4.69) is 4.72 Å². The molecule has 1 fully saturated rings. The van der Waals surface area contributed by atoms with Crippen LogP contribution in [0.3, 0.4) is 0 Å². The lowest BCUT2D eigenvalue weighted by atomic mass is 9.72. The van der Waals surface area contributed by atoms with Crippen molar-refractivity contribution in [1.82, 2.24) is 4.72 Å². The van der Waals surface area contributed by atoms with E-state index in [0.717, 1.165) is 37.0 Å². The molecule has 21 heavy (non-hydrogen) atoms. The fraction of sp³-hybridized carbons (Fsp3) is 0.643. The predicted octanol–water partition coefficient (Wildman–Crippen LogP) is 2.76. The molecule has 0 spiro atoms. The van der Waals surface area contributed by atoms with Crippen molar-refractivity contribution in [1.29, 1.82) is 0 Å². The third-order valence-corrected chi connectivity index (χ3v) is 6.95. The van der Waals surface area contributed by atoms with Crippen LogP contribution in [-0.4, -0.2) is 26.0 Å². The molecule has 1 aromatic heterocycles. The highest BCUT2D eigenvalue weighted by Gasteiger charge is 2.35. The van der Waals surface area contributed by atoms with Crippen molar-refractivity contribution in [2.45, 2.75) is 49.7 Å². The van der Waals surface area contributed by atoms with Gasteiger partial charge in [0.15, 0.2) is 0 Å². The lowest BCUT2D eigenvalue weighted by Crippen LogP contribution is -2.40. The maximum Gasteiger partial charge on any atom is 0.303 e. The first-order chi connectivity index (χ1) is 9.83. The largest absolute Gasteiger partial charge is 0.481 e. The van der Waals surface area contributed by atoms with Crippen LogP contribution in [-0.2, 0) is 14.8 Å². The molecule has 0 aliphatic heterocycles. The smallest absolute Gasteiger partial charge is 0.303 e. The summed E-state index contributed by atoms with van der Waals surface area (Å²) in [7, 11) is -3.54. The average Bonchev–Trinajstić information content (AvgIpc) is 2.85. The van der Waals surface area contributed by atoms with Crippen molar-refractivity contribution in [2.75, 3.05) is 6.54 Å². The number of aliphatic carboxylic acids is 1. The number of hydrogen-bond donors (Lipinski definition) is 2. The maximum atomic E-state index is 12.3. The normalized spacial score (nSPS) is 18.5. The molecule has 2 rings (SSSR count). The van der Waals surface area contributed by atoms with Gasteiger partial charge in [-0.2, -0.15) is 0 Å². The van der Waals surface area contributed by atoms with E-state index in [1.54, 1.807) is 12.1 Å². The first kappa shape index (κ1) is 16.5. The van der Waals surface area contributed by atoms with Gasteiger partial charge in [0.25, 0.3) is 0 Å². The summed E-state index contributed by atoms with van der Waals surface area (Å²) in [6.45, 7) is 2.06. The highest BCUT2D eigenvalue weighted by atomic mass is 32.2. The van der Waals surface area contributed by atoms with Crippen molar-refractivity contribution in [3.05, 3.63) is 17.0 Å². The number of aryl methyl sites for hydroxylation is 1. The Morgan fingerprint density at radius 2 is 2.00 bits per heavy atom. The Labute approximate surface area is 129 Å². The second-order valence-electron chi connectivity index (χ2n) is 5.82. The molecule has 1 aliphatic rings. The summed E-state index contributed by atoms with van der Waals surface area (Å²) < 4.78 is 27.5. The van der Waals surface area contributed by atoms with Crippen LogP contribution >= 0.6 is 11.3 Å². The molecule has 1 aliphatic carbocycles. The van der Waals surface area contributed by atoms with E-state index < -0.39 is 21.4 Å². The molecule has 0 radical (unpaired) electrons. The molecule has 0 saturated heterocycles. The molecule has 1 aromatic rings. The SMILES string of the molecule is Cc1ccc(S(=O)(=O)NCC2(CC(=O)O)CCCCC2)s1. The van der Waals surface area contributed by atoms with Gasteiger partial charge in [-0.15, -0.1) is 11.3 Å². The Bertz CT molecular complexity index is 600. The monoisotopic (exact) mass is 331 g/mol. The molecule has 0 amide bonds. The van der Waals surface area contributed by atoms with E-state index in [0.29, 0.717) is 4.21 Å². The van der Waals surface area contributed by atoms with Crippen molar-refractivity contribution in [3.63, 3.8) is 0 Å². The molecular weight excluding hydrogens is 310 g/mol. The number of carboxylic acid groups (broad SMARTS) is 1. The van der Waals surface area contributed by atoms with Crippen LogP contribution in [0.2, 0.25) is 0 Å². The van der Waals surface area contributed by atoms with Crippen LogP contribution in [0.25, 0.3) is 0 Å². The molecule has 0 atom stereocenters. The summed E-state index contributed by atoms with van der Waals surface area (Å²) in [5.41, 5.74) is -0.441. The number of hydrogen-bond acceptors (Lipinski definition) is 4. The highest BCUT2D eigenvalue weighted by Crippen LogP contribution is 2.39. The van der Waals surface area contributed by atoms with Crippen LogP contribution in [0.4, 0.5) is 0 Å². The molecule has 7 heteroatoms. The van der Waals surface area contributed by atoms with Gasteiger partial charge in [0.05, 0.1) is 6.42 Å². The van der Waals surface area contributed by atoms with Crippen LogP contribution in [0.1, 0.15) is 43.4 Å². The second-order valence-corrected chi connectivity index (χ2v) is 9.10. The van der Waals surface area contributed by atoms with Gasteiger partial charge >= 0.3 is 5.97 Å². The zero-order valence-corrected chi connectivity index (χ0v) is 13.7. The number of thiophene rings is 1. The summed E-state index contributed by atoms with van der Waals surface area (Å²) in [4.78, 5) is 12.0. The molecule has 1 saturated carbocycles. The van der Waals surface area contributed by atoms with Gasteiger partial charge in [0, 0.05) is 11.4 Å². The first-order valence-electron chi connectivity index (χ1n) is 7.11. The van der Waals surface area contributed by atoms with Crippen LogP contribution in [0, 0.1) is 12.3 Å². The Morgan fingerprint density at radius 1 is 1.33 bits per heavy atom. The topological polar surface area (TPSA) is 83.5 Å². The van der Waals surface area contributed by atoms with Crippen LogP contribution in [0.15, 0.2) is 16.3 Å². The minimum atomic E-state index is -3.54. The summed E-state index contributed by atoms with van der Waals surface area (Å²) in [5.74, 6) is -0.858. The number of carbonyl (C=O) groups is 1. The van der Waals surface area contributed by atoms with Crippen LogP contribution in [0.5, 0.6) is 0 Å². The summed E-state index contributed by atoms with van der Waals surface area (Å²) in [6, 6.07) is 3.36. The molecule has 0 unspecified atom stereocenters. The van der Waals surface area contributed by atoms with Gasteiger partial charge in [0.1, 0.15) is 4.21 Å². The lowest BCUT2D eigenvalue weighted by molar-refractivity contribution is -0.140. The Hall–Kier alpha value is -0.920. The predicted molar refractivity (Wildman–Crippen MR) is 82.0 cm³/mol. The first-order valence-corrected chi connectivity index (χ1v) is 9.41. The zero-order valence-electron chi connectivity index (χ0n) is 12.1. The molecule has 118 valence electrons. The Morgan fingerprint density at radius 3 is 2.52 bits per heavy atom. The standard InChI is InChI=1S/C14H21NO4S2/c1-11-5-6-13(20-11)21(18,19)15-10-14(9-12(16)17)7-3-2-4-8-14/h5-6,15H,2-4,7-10H2,1H3,(H,16,17). The molecule has 0 aromatic carbocycles. The Balaban J connectivity index is 2.09. The third kappa shape index (κ3) is 4.28. The molecule has 2 N–H and O–H groups in total. The molecular formula is C14H21NO4S2. The van der Waals surface area contributed by atoms with Gasteiger partial charge in [-0.05, 0) is 37.3 Å². The van der Waals surface area contributed by atoms with E-state index >= 15 is 0 Å². The molecule has 0 bridgehead atoms. The third-order valence-electron chi connectivity index (χ3n) is 4.06. The fourth-order valence-corrected chi connectivity index (χ4v) is 5.40. The Kier molecular flexibility index (Phi) is 5.06. The van der Waals surface area contributed by atoms with Crippen molar-refractivity contribution < 1.29 is 18.3 Å². The quantitative estimate of drug-likeness (QED) is 0.839. The maximum absolute atomic E-state index is 12.3. The molecule has 5 nitrogen and oxygen atoms in total. The minimum Gasteiger partial charge on any atom is -0.481 e. The number of carboxylic acids is 1. The van der Waals surface area contributed by atoms with Gasteiger partial charge in [0.2, 0.25) is 10.0 Å². The van der Waals surface area contributed by atoms with Crippen LogP contribution < -0.4 is 4.72 Å². The summed E-state index contributed by atoms with van der Waals surface area (Å²) in [5, 5.41) is 9.11. The average molecular weight is 331 g/mol. The van der Waals surface area contributed by atoms with Crippen molar-refractivity contribution in [2.24, 2.45) is 5.41 Å². The fourth-order valence-electron chi connectivity index (χ4n) is 2.91. The molecule has 1 heterocycles. The van der Waals surface area contributed by atoms with E-state index in [9.17, 15) is 13.2 Å². The van der Waals surface area contributed by atoms with Gasteiger partial charge in [-0.1, -0.05) is 19.3 Å². The van der Waals surface area contributed by atoms with E-state index in [-0.39, 0.29) is 13.0 Å². The van der Waals surface area contributed by atoms with E-state index in [1.807, 2.05) is 6.92 Å².